The van der Waals surface area contributed by atoms with Crippen molar-refractivity contribution in [3.8, 4) is 0 Å². The molecular weight excluding hydrogens is 376 g/mol. The smallest absolute Gasteiger partial charge is 0.302 e. The van der Waals surface area contributed by atoms with E-state index in [0.29, 0.717) is 13.2 Å². The first-order chi connectivity index (χ1) is 14.5. The van der Waals surface area contributed by atoms with Crippen LogP contribution < -0.4 is 0 Å². The lowest BCUT2D eigenvalue weighted by Gasteiger charge is -2.00. The Kier molecular flexibility index (Phi) is 28.0. The van der Waals surface area contributed by atoms with E-state index in [-0.39, 0.29) is 11.9 Å². The molecule has 4 heteroatoms. The maximum Gasteiger partial charge on any atom is 0.302 e. The van der Waals surface area contributed by atoms with E-state index in [2.05, 4.69) is 38.2 Å². The first-order valence-electron chi connectivity index (χ1n) is 12.1. The first-order valence-corrected chi connectivity index (χ1v) is 12.1. The SMILES string of the molecule is CCCC/C=C/CCCCOC(C)=O.CCCC/C=C\CCCCCCOC(C)=O. The summed E-state index contributed by atoms with van der Waals surface area (Å²) in [7, 11) is 0. The highest BCUT2D eigenvalue weighted by Gasteiger charge is 1.93. The topological polar surface area (TPSA) is 52.6 Å². The fourth-order valence-corrected chi connectivity index (χ4v) is 2.63. The Balaban J connectivity index is 0. The molecule has 0 saturated carbocycles. The van der Waals surface area contributed by atoms with Crippen molar-refractivity contribution in [1.82, 2.24) is 0 Å². The molecule has 0 amide bonds. The molecule has 0 aliphatic carbocycles. The van der Waals surface area contributed by atoms with E-state index in [1.54, 1.807) is 0 Å². The van der Waals surface area contributed by atoms with Crippen LogP contribution in [0.15, 0.2) is 24.3 Å². The molecule has 0 fully saturated rings. The van der Waals surface area contributed by atoms with Gasteiger partial charge in [0.1, 0.15) is 0 Å². The lowest BCUT2D eigenvalue weighted by atomic mass is 10.1. The van der Waals surface area contributed by atoms with Gasteiger partial charge in [-0.25, -0.2) is 0 Å². The third-order valence-electron chi connectivity index (χ3n) is 4.42. The van der Waals surface area contributed by atoms with Crippen LogP contribution in [0.4, 0.5) is 0 Å². The quantitative estimate of drug-likeness (QED) is 0.128. The fourth-order valence-electron chi connectivity index (χ4n) is 2.63. The molecule has 176 valence electrons. The van der Waals surface area contributed by atoms with Crippen LogP contribution in [0.3, 0.4) is 0 Å². The summed E-state index contributed by atoms with van der Waals surface area (Å²) < 4.78 is 9.68. The highest BCUT2D eigenvalue weighted by Crippen LogP contribution is 2.05. The van der Waals surface area contributed by atoms with Gasteiger partial charge < -0.3 is 9.47 Å². The lowest BCUT2D eigenvalue weighted by Crippen LogP contribution is -1.99. The van der Waals surface area contributed by atoms with Crippen LogP contribution in [0.1, 0.15) is 118 Å². The minimum Gasteiger partial charge on any atom is -0.466 e. The normalized spacial score (nSPS) is 10.8. The Morgan fingerprint density at radius 3 is 1.27 bits per heavy atom. The standard InChI is InChI=1S/C14H26O2.C12H22O2/c1-3-4-5-6-7-8-9-10-11-12-13-16-14(2)15;1-3-4-5-6-7-8-9-10-11-14-12(2)13/h6-7H,3-5,8-13H2,1-2H3;6-7H,3-5,8-11H2,1-2H3/b7-6-;7-6+. The van der Waals surface area contributed by atoms with Gasteiger partial charge in [-0.3, -0.25) is 9.59 Å². The van der Waals surface area contributed by atoms with Crippen LogP contribution in [0.2, 0.25) is 0 Å². The second-order valence-corrected chi connectivity index (χ2v) is 7.61. The van der Waals surface area contributed by atoms with Gasteiger partial charge in [0.25, 0.3) is 0 Å². The number of carbonyl (C=O) groups excluding carboxylic acids is 2. The van der Waals surface area contributed by atoms with Gasteiger partial charge in [0, 0.05) is 13.8 Å². The second kappa shape index (κ2) is 27.4. The molecule has 0 atom stereocenters. The fraction of sp³-hybridized carbons (Fsp3) is 0.769. The zero-order valence-corrected chi connectivity index (χ0v) is 20.3. The summed E-state index contributed by atoms with van der Waals surface area (Å²) in [5, 5.41) is 0. The molecule has 0 bridgehead atoms. The molecular formula is C26H48O4. The van der Waals surface area contributed by atoms with Gasteiger partial charge in [0.2, 0.25) is 0 Å². The van der Waals surface area contributed by atoms with Gasteiger partial charge in [-0.15, -0.1) is 0 Å². The molecule has 0 unspecified atom stereocenters. The summed E-state index contributed by atoms with van der Waals surface area (Å²) in [6.07, 6.45) is 25.6. The first kappa shape index (κ1) is 30.6. The van der Waals surface area contributed by atoms with Crippen LogP contribution in [0.5, 0.6) is 0 Å². The summed E-state index contributed by atoms with van der Waals surface area (Å²) >= 11 is 0. The molecule has 30 heavy (non-hydrogen) atoms. The molecule has 0 rings (SSSR count). The largest absolute Gasteiger partial charge is 0.466 e. The predicted molar refractivity (Wildman–Crippen MR) is 128 cm³/mol. The molecule has 0 radical (unpaired) electrons. The van der Waals surface area contributed by atoms with Crippen LogP contribution in [-0.4, -0.2) is 25.2 Å². The lowest BCUT2D eigenvalue weighted by molar-refractivity contribution is -0.142. The number of ether oxygens (including phenoxy) is 2. The second-order valence-electron chi connectivity index (χ2n) is 7.61. The summed E-state index contributed by atoms with van der Waals surface area (Å²) in [5.41, 5.74) is 0. The van der Waals surface area contributed by atoms with E-state index in [1.165, 1.54) is 71.6 Å². The number of rotatable bonds is 18. The Morgan fingerprint density at radius 2 is 0.867 bits per heavy atom. The highest BCUT2D eigenvalue weighted by atomic mass is 16.5. The summed E-state index contributed by atoms with van der Waals surface area (Å²) in [4.78, 5) is 20.9. The molecule has 0 spiro atoms. The molecule has 0 heterocycles. The van der Waals surface area contributed by atoms with Crippen LogP contribution in [0.25, 0.3) is 0 Å². The van der Waals surface area contributed by atoms with Gasteiger partial charge in [0.05, 0.1) is 13.2 Å². The van der Waals surface area contributed by atoms with Crippen molar-refractivity contribution in [3.05, 3.63) is 24.3 Å². The van der Waals surface area contributed by atoms with Crippen molar-refractivity contribution in [2.75, 3.05) is 13.2 Å². The van der Waals surface area contributed by atoms with E-state index in [1.807, 2.05) is 0 Å². The molecule has 0 aromatic heterocycles. The average Bonchev–Trinajstić information content (AvgIpc) is 2.71. The van der Waals surface area contributed by atoms with Gasteiger partial charge in [-0.05, 0) is 51.4 Å². The molecule has 0 aromatic carbocycles. The molecule has 4 nitrogen and oxygen atoms in total. The van der Waals surface area contributed by atoms with E-state index < -0.39 is 0 Å². The van der Waals surface area contributed by atoms with Gasteiger partial charge >= 0.3 is 11.9 Å². The van der Waals surface area contributed by atoms with E-state index in [4.69, 9.17) is 9.47 Å². The van der Waals surface area contributed by atoms with Gasteiger partial charge in [-0.1, -0.05) is 76.7 Å². The summed E-state index contributed by atoms with van der Waals surface area (Å²) in [6.45, 7) is 8.48. The minimum absolute atomic E-state index is 0.168. The van der Waals surface area contributed by atoms with Crippen LogP contribution >= 0.6 is 0 Å². The minimum atomic E-state index is -0.177. The maximum absolute atomic E-state index is 10.5. The number of esters is 2. The third kappa shape index (κ3) is 34.0. The monoisotopic (exact) mass is 424 g/mol. The molecule has 0 N–H and O–H groups in total. The maximum atomic E-state index is 10.5. The van der Waals surface area contributed by atoms with Crippen molar-refractivity contribution in [2.24, 2.45) is 0 Å². The zero-order chi connectivity index (χ0) is 22.7. The van der Waals surface area contributed by atoms with Crippen molar-refractivity contribution in [3.63, 3.8) is 0 Å². The highest BCUT2D eigenvalue weighted by molar-refractivity contribution is 5.66. The van der Waals surface area contributed by atoms with Crippen molar-refractivity contribution >= 4 is 11.9 Å². The zero-order valence-electron chi connectivity index (χ0n) is 20.3. The van der Waals surface area contributed by atoms with Gasteiger partial charge in [-0.2, -0.15) is 0 Å². The molecule has 0 saturated heterocycles. The van der Waals surface area contributed by atoms with E-state index in [9.17, 15) is 9.59 Å². The van der Waals surface area contributed by atoms with Crippen molar-refractivity contribution < 1.29 is 19.1 Å². The Morgan fingerprint density at radius 1 is 0.533 bits per heavy atom. The number of hydrogen-bond acceptors (Lipinski definition) is 4. The van der Waals surface area contributed by atoms with Crippen molar-refractivity contribution in [2.45, 2.75) is 118 Å². The summed E-state index contributed by atoms with van der Waals surface area (Å²) in [6, 6.07) is 0. The van der Waals surface area contributed by atoms with E-state index in [0.717, 1.165) is 32.1 Å². The molecule has 0 aromatic rings. The Hall–Kier alpha value is -1.58. The Labute approximate surface area is 186 Å². The Bertz CT molecular complexity index is 427. The average molecular weight is 425 g/mol. The number of allylic oxidation sites excluding steroid dienone is 4. The number of hydrogen-bond donors (Lipinski definition) is 0. The molecule has 0 aliphatic rings. The third-order valence-corrected chi connectivity index (χ3v) is 4.42. The number of unbranched alkanes of at least 4 members (excludes halogenated alkanes) is 10. The number of carbonyl (C=O) groups is 2. The van der Waals surface area contributed by atoms with E-state index >= 15 is 0 Å². The van der Waals surface area contributed by atoms with Gasteiger partial charge in [0.15, 0.2) is 0 Å². The predicted octanol–water partition coefficient (Wildman–Crippen LogP) is 7.71. The van der Waals surface area contributed by atoms with Crippen molar-refractivity contribution in [1.29, 1.82) is 0 Å². The van der Waals surface area contributed by atoms with Crippen LogP contribution in [0, 0.1) is 0 Å². The van der Waals surface area contributed by atoms with Crippen LogP contribution in [-0.2, 0) is 19.1 Å². The molecule has 0 aliphatic heterocycles. The summed E-state index contributed by atoms with van der Waals surface area (Å²) in [5.74, 6) is -0.345.